The first-order valence-electron chi connectivity index (χ1n) is 8.90. The van der Waals surface area contributed by atoms with E-state index in [2.05, 4.69) is 10.6 Å². The fraction of sp³-hybridized carbons (Fsp3) is 0.579. The third kappa shape index (κ3) is 3.14. The van der Waals surface area contributed by atoms with Gasteiger partial charge in [0.2, 0.25) is 0 Å². The Balaban J connectivity index is 1.33. The number of nitrogens with one attached hydrogen (secondary N) is 2. The molecule has 4 saturated carbocycles. The first-order chi connectivity index (χ1) is 11.5. The van der Waals surface area contributed by atoms with Gasteiger partial charge in [-0.3, -0.25) is 0 Å². The summed E-state index contributed by atoms with van der Waals surface area (Å²) in [5, 5.41) is 16.6. The number of hydrogen-bond donors (Lipinski definition) is 3. The van der Waals surface area contributed by atoms with E-state index in [0.717, 1.165) is 28.4 Å². The highest BCUT2D eigenvalue weighted by atomic mass is 32.1. The molecule has 4 aliphatic rings. The molecular weight excluding hydrogens is 320 g/mol. The van der Waals surface area contributed by atoms with Gasteiger partial charge >= 0.3 is 5.97 Å². The minimum atomic E-state index is -0.895. The Morgan fingerprint density at radius 1 is 1.08 bits per heavy atom. The number of rotatable bonds is 4. The van der Waals surface area contributed by atoms with Crippen LogP contribution in [0.5, 0.6) is 0 Å². The van der Waals surface area contributed by atoms with E-state index in [0.29, 0.717) is 12.1 Å². The largest absolute Gasteiger partial charge is 0.478 e. The summed E-state index contributed by atoms with van der Waals surface area (Å²) in [5.41, 5.74) is 1.58. The molecule has 5 heteroatoms. The topological polar surface area (TPSA) is 61.4 Å². The molecule has 5 rings (SSSR count). The van der Waals surface area contributed by atoms with Crippen molar-refractivity contribution >= 4 is 23.3 Å². The van der Waals surface area contributed by atoms with Gasteiger partial charge in [-0.05, 0) is 86.2 Å². The third-order valence-electron chi connectivity index (χ3n) is 6.07. The average molecular weight is 344 g/mol. The molecule has 0 atom stereocenters. The number of carboxylic acid groups (broad SMARTS) is 1. The minimum Gasteiger partial charge on any atom is -0.478 e. The minimum absolute atomic E-state index is 0.228. The van der Waals surface area contributed by atoms with Gasteiger partial charge in [0.25, 0.3) is 0 Å². The average Bonchev–Trinajstić information content (AvgIpc) is 2.51. The summed E-state index contributed by atoms with van der Waals surface area (Å²) >= 11 is 5.54. The monoisotopic (exact) mass is 344 g/mol. The molecule has 0 unspecified atom stereocenters. The fourth-order valence-electron chi connectivity index (χ4n) is 5.50. The molecule has 0 radical (unpaired) electrons. The molecule has 4 bridgehead atoms. The third-order valence-corrected chi connectivity index (χ3v) is 6.32. The van der Waals surface area contributed by atoms with Crippen molar-refractivity contribution < 1.29 is 9.90 Å². The number of carboxylic acids is 1. The Kier molecular flexibility index (Phi) is 3.99. The van der Waals surface area contributed by atoms with Gasteiger partial charge in [-0.2, -0.15) is 0 Å². The zero-order valence-corrected chi connectivity index (χ0v) is 14.6. The highest BCUT2D eigenvalue weighted by molar-refractivity contribution is 7.80. The first kappa shape index (κ1) is 15.9. The Labute approximate surface area is 148 Å². The van der Waals surface area contributed by atoms with Gasteiger partial charge in [0.1, 0.15) is 0 Å². The van der Waals surface area contributed by atoms with E-state index >= 15 is 0 Å². The zero-order chi connectivity index (χ0) is 16.7. The van der Waals surface area contributed by atoms with Crippen LogP contribution in [0.4, 0.5) is 0 Å². The van der Waals surface area contributed by atoms with E-state index in [1.165, 1.54) is 38.5 Å². The van der Waals surface area contributed by atoms with Gasteiger partial charge in [0.15, 0.2) is 5.11 Å². The quantitative estimate of drug-likeness (QED) is 0.732. The molecule has 0 saturated heterocycles. The predicted octanol–water partition coefficient (Wildman–Crippen LogP) is 3.32. The van der Waals surface area contributed by atoms with Crippen molar-refractivity contribution in [2.75, 3.05) is 0 Å². The molecule has 1 aromatic carbocycles. The molecule has 0 aromatic heterocycles. The second kappa shape index (κ2) is 6.03. The number of carbonyl (C=O) groups is 1. The smallest absolute Gasteiger partial charge is 0.335 e. The summed E-state index contributed by atoms with van der Waals surface area (Å²) in [6.07, 6.45) is 8.10. The van der Waals surface area contributed by atoms with Crippen molar-refractivity contribution in [1.82, 2.24) is 10.6 Å². The molecular formula is C19H24N2O2S. The van der Waals surface area contributed by atoms with Crippen LogP contribution in [0.1, 0.15) is 54.4 Å². The maximum absolute atomic E-state index is 10.9. The van der Waals surface area contributed by atoms with Crippen molar-refractivity contribution in [2.24, 2.45) is 17.8 Å². The second-order valence-electron chi connectivity index (χ2n) is 8.01. The summed E-state index contributed by atoms with van der Waals surface area (Å²) in [6.45, 7) is 0.623. The van der Waals surface area contributed by atoms with E-state index in [-0.39, 0.29) is 5.54 Å². The first-order valence-corrected chi connectivity index (χ1v) is 9.30. The Morgan fingerprint density at radius 2 is 1.62 bits per heavy atom. The van der Waals surface area contributed by atoms with Crippen molar-refractivity contribution in [3.8, 4) is 0 Å². The van der Waals surface area contributed by atoms with Crippen LogP contribution in [0.3, 0.4) is 0 Å². The fourth-order valence-corrected chi connectivity index (χ4v) is 5.78. The molecule has 4 aliphatic carbocycles. The highest BCUT2D eigenvalue weighted by Crippen LogP contribution is 2.55. The van der Waals surface area contributed by atoms with Crippen molar-refractivity contribution in [2.45, 2.75) is 50.6 Å². The van der Waals surface area contributed by atoms with Crippen LogP contribution in [0.2, 0.25) is 0 Å². The van der Waals surface area contributed by atoms with Crippen molar-refractivity contribution in [3.05, 3.63) is 35.4 Å². The molecule has 24 heavy (non-hydrogen) atoms. The van der Waals surface area contributed by atoms with Crippen LogP contribution < -0.4 is 10.6 Å². The molecule has 4 nitrogen and oxygen atoms in total. The summed E-state index contributed by atoms with van der Waals surface area (Å²) < 4.78 is 0. The lowest BCUT2D eigenvalue weighted by Crippen LogP contribution is -2.61. The van der Waals surface area contributed by atoms with Crippen molar-refractivity contribution in [3.63, 3.8) is 0 Å². The standard InChI is InChI=1S/C19H24N2O2S/c22-17(23)16-3-1-12(2-4-16)11-20-18(24)21-19-8-13-5-14(9-19)7-15(6-13)10-19/h1-4,13-15H,5-11H2,(H,22,23)(H2,20,21,24). The molecule has 1 aromatic rings. The van der Waals surface area contributed by atoms with Crippen LogP contribution in [-0.2, 0) is 6.54 Å². The van der Waals surface area contributed by atoms with Crippen LogP contribution in [0.15, 0.2) is 24.3 Å². The number of aromatic carboxylic acids is 1. The van der Waals surface area contributed by atoms with E-state index < -0.39 is 5.97 Å². The summed E-state index contributed by atoms with van der Waals surface area (Å²) in [6, 6.07) is 6.94. The molecule has 128 valence electrons. The Morgan fingerprint density at radius 3 is 2.12 bits per heavy atom. The lowest BCUT2D eigenvalue weighted by atomic mass is 9.53. The molecule has 0 heterocycles. The SMILES string of the molecule is O=C(O)c1ccc(CNC(=S)NC23CC4CC(CC(C4)C2)C3)cc1. The molecule has 0 spiro atoms. The van der Waals surface area contributed by atoms with Gasteiger partial charge < -0.3 is 15.7 Å². The highest BCUT2D eigenvalue weighted by Gasteiger charge is 2.51. The lowest BCUT2D eigenvalue weighted by Gasteiger charge is -2.57. The van der Waals surface area contributed by atoms with Gasteiger partial charge in [0, 0.05) is 12.1 Å². The summed E-state index contributed by atoms with van der Waals surface area (Å²) in [7, 11) is 0. The normalized spacial score (nSPS) is 33.2. The van der Waals surface area contributed by atoms with E-state index in [9.17, 15) is 4.79 Å². The predicted molar refractivity (Wildman–Crippen MR) is 96.9 cm³/mol. The number of thiocarbonyl (C=S) groups is 1. The van der Waals surface area contributed by atoms with Crippen LogP contribution in [-0.4, -0.2) is 21.7 Å². The molecule has 0 aliphatic heterocycles. The van der Waals surface area contributed by atoms with Gasteiger partial charge in [-0.15, -0.1) is 0 Å². The molecule has 0 amide bonds. The lowest BCUT2D eigenvalue weighted by molar-refractivity contribution is -0.0101. The zero-order valence-electron chi connectivity index (χ0n) is 13.8. The van der Waals surface area contributed by atoms with Crippen molar-refractivity contribution in [1.29, 1.82) is 0 Å². The number of hydrogen-bond acceptors (Lipinski definition) is 2. The van der Waals surface area contributed by atoms with Crippen LogP contribution in [0.25, 0.3) is 0 Å². The number of benzene rings is 1. The Hall–Kier alpha value is -1.62. The van der Waals surface area contributed by atoms with E-state index in [4.69, 9.17) is 17.3 Å². The van der Waals surface area contributed by atoms with E-state index in [1.807, 2.05) is 12.1 Å². The van der Waals surface area contributed by atoms with Gasteiger partial charge in [-0.25, -0.2) is 4.79 Å². The molecule has 3 N–H and O–H groups in total. The second-order valence-corrected chi connectivity index (χ2v) is 8.42. The molecule has 4 fully saturated rings. The van der Waals surface area contributed by atoms with Crippen LogP contribution >= 0.6 is 12.2 Å². The summed E-state index contributed by atoms with van der Waals surface area (Å²) in [5.74, 6) is 1.80. The summed E-state index contributed by atoms with van der Waals surface area (Å²) in [4.78, 5) is 10.9. The van der Waals surface area contributed by atoms with Gasteiger partial charge in [-0.1, -0.05) is 12.1 Å². The maximum Gasteiger partial charge on any atom is 0.335 e. The maximum atomic E-state index is 10.9. The van der Waals surface area contributed by atoms with Gasteiger partial charge in [0.05, 0.1) is 5.56 Å². The Bertz CT molecular complexity index is 621. The van der Waals surface area contributed by atoms with Crippen LogP contribution in [0, 0.1) is 17.8 Å². The van der Waals surface area contributed by atoms with E-state index in [1.54, 1.807) is 12.1 Å².